The zero-order chi connectivity index (χ0) is 57.1. The number of unbranched alkanes of at least 4 members (excludes halogenated alkanes) is 1. The van der Waals surface area contributed by atoms with Gasteiger partial charge in [0.05, 0.1) is 12.7 Å². The van der Waals surface area contributed by atoms with Crippen LogP contribution in [0, 0.1) is 0 Å². The maximum atomic E-state index is 15.5. The first-order valence-electron chi connectivity index (χ1n) is 26.3. The summed E-state index contributed by atoms with van der Waals surface area (Å²) in [7, 11) is 5.64. The lowest BCUT2D eigenvalue weighted by Crippen LogP contribution is -2.61. The van der Waals surface area contributed by atoms with E-state index in [9.17, 15) is 28.8 Å². The van der Waals surface area contributed by atoms with Crippen molar-refractivity contribution < 1.29 is 43.2 Å². The first-order valence-corrected chi connectivity index (χ1v) is 26.3. The van der Waals surface area contributed by atoms with E-state index in [0.717, 1.165) is 15.8 Å². The van der Waals surface area contributed by atoms with Gasteiger partial charge in [0.15, 0.2) is 5.96 Å². The van der Waals surface area contributed by atoms with Crippen molar-refractivity contribution in [2.24, 2.45) is 22.2 Å². The summed E-state index contributed by atoms with van der Waals surface area (Å²) in [5.74, 6) is -6.47. The van der Waals surface area contributed by atoms with Gasteiger partial charge in [-0.05, 0) is 55.7 Å². The van der Waals surface area contributed by atoms with Crippen LogP contribution in [0.2, 0.25) is 0 Å². The molecular formula is C54H77N15O9. The predicted molar refractivity (Wildman–Crippen MR) is 292 cm³/mol. The third kappa shape index (κ3) is 16.8. The number of nitrogens with one attached hydrogen (secondary N) is 6. The number of carbonyl (C=O) groups excluding carboxylic acids is 9. The van der Waals surface area contributed by atoms with Crippen LogP contribution in [-0.4, -0.2) is 177 Å². The molecule has 5 rings (SSSR count). The average Bonchev–Trinajstić information content (AvgIpc) is 4.13. The maximum absolute atomic E-state index is 15.5. The molecule has 24 heteroatoms. The zero-order valence-corrected chi connectivity index (χ0v) is 45.5. The molecule has 0 bridgehead atoms. The second-order valence-corrected chi connectivity index (χ2v) is 19.8. The molecular weight excluding hydrogens is 1000 g/mol. The molecule has 9 amide bonds. The minimum absolute atomic E-state index is 0.00988. The van der Waals surface area contributed by atoms with Crippen molar-refractivity contribution in [3.63, 3.8) is 0 Å². The minimum Gasteiger partial charge on any atom is -0.370 e. The third-order valence-electron chi connectivity index (χ3n) is 14.1. The van der Waals surface area contributed by atoms with E-state index in [1.54, 1.807) is 36.5 Å². The largest absolute Gasteiger partial charge is 0.370 e. The molecule has 3 heterocycles. The molecule has 2 aromatic carbocycles. The molecule has 7 atom stereocenters. The van der Waals surface area contributed by atoms with E-state index in [0.29, 0.717) is 29.7 Å². The lowest BCUT2D eigenvalue weighted by Gasteiger charge is -2.39. The van der Waals surface area contributed by atoms with Crippen molar-refractivity contribution in [1.29, 1.82) is 0 Å². The summed E-state index contributed by atoms with van der Waals surface area (Å²) in [6, 6.07) is 7.21. The van der Waals surface area contributed by atoms with Crippen LogP contribution in [-0.2, 0) is 62.4 Å². The molecule has 24 nitrogen and oxygen atoms in total. The van der Waals surface area contributed by atoms with E-state index in [4.69, 9.17) is 17.2 Å². The highest BCUT2D eigenvalue weighted by atomic mass is 16.2. The first kappa shape index (κ1) is 60.6. The van der Waals surface area contributed by atoms with Gasteiger partial charge in [0.1, 0.15) is 42.3 Å². The Morgan fingerprint density at radius 3 is 2.06 bits per heavy atom. The summed E-state index contributed by atoms with van der Waals surface area (Å²) in [5, 5.41) is 11.6. The second kappa shape index (κ2) is 29.3. The summed E-state index contributed by atoms with van der Waals surface area (Å²) in [4.78, 5) is 148. The monoisotopic (exact) mass is 1080 g/mol. The van der Waals surface area contributed by atoms with Crippen LogP contribution < -0.4 is 38.5 Å². The first-order chi connectivity index (χ1) is 37.2. The number of aliphatic imine (C=N–C) groups is 1. The molecule has 0 unspecified atom stereocenters. The number of imidazole rings is 1. The van der Waals surface area contributed by atoms with Crippen LogP contribution in [0.15, 0.2) is 78.3 Å². The molecule has 4 aromatic rings. The number of hydrogen-bond donors (Lipinski definition) is 9. The van der Waals surface area contributed by atoms with Crippen molar-refractivity contribution in [2.75, 3.05) is 41.3 Å². The minimum atomic E-state index is -1.56. The fourth-order valence-corrected chi connectivity index (χ4v) is 9.58. The Morgan fingerprint density at radius 1 is 0.769 bits per heavy atom. The fourth-order valence-electron chi connectivity index (χ4n) is 9.58. The van der Waals surface area contributed by atoms with Crippen LogP contribution in [0.25, 0.3) is 10.9 Å². The Labute approximate surface area is 454 Å². The Morgan fingerprint density at radius 2 is 1.41 bits per heavy atom. The van der Waals surface area contributed by atoms with Gasteiger partial charge in [-0.25, -0.2) is 4.98 Å². The lowest BCUT2D eigenvalue weighted by molar-refractivity contribution is -0.154. The number of rotatable bonds is 17. The number of nitrogens with zero attached hydrogens (tertiary/aromatic N) is 6. The van der Waals surface area contributed by atoms with Crippen molar-refractivity contribution >= 4 is 70.0 Å². The van der Waals surface area contributed by atoms with Gasteiger partial charge in [0.2, 0.25) is 53.2 Å². The normalized spacial score (nSPS) is 21.4. The summed E-state index contributed by atoms with van der Waals surface area (Å²) in [5.41, 5.74) is 19.8. The van der Waals surface area contributed by atoms with Crippen molar-refractivity contribution in [1.82, 2.24) is 55.8 Å². The molecule has 422 valence electrons. The van der Waals surface area contributed by atoms with Gasteiger partial charge in [-0.1, -0.05) is 68.3 Å². The number of fused-ring (bicyclic) bond motifs is 1. The van der Waals surface area contributed by atoms with E-state index < -0.39 is 102 Å². The highest BCUT2D eigenvalue weighted by Gasteiger charge is 2.42. The van der Waals surface area contributed by atoms with Crippen LogP contribution in [0.1, 0.15) is 88.5 Å². The summed E-state index contributed by atoms with van der Waals surface area (Å²) < 4.78 is 0. The molecule has 0 aliphatic carbocycles. The number of guanidine groups is 1. The molecule has 12 N–H and O–H groups in total. The number of aromatic nitrogens is 3. The summed E-state index contributed by atoms with van der Waals surface area (Å²) in [6.07, 6.45) is 6.04. The van der Waals surface area contributed by atoms with Crippen LogP contribution in [0.5, 0.6) is 0 Å². The molecule has 1 aliphatic rings. The Bertz CT molecular complexity index is 2730. The quantitative estimate of drug-likeness (QED) is 0.0387. The van der Waals surface area contributed by atoms with Gasteiger partial charge in [-0.2, -0.15) is 0 Å². The van der Waals surface area contributed by atoms with Gasteiger partial charge in [-0.3, -0.25) is 48.1 Å². The molecule has 0 radical (unpaired) electrons. The van der Waals surface area contributed by atoms with E-state index in [-0.39, 0.29) is 76.8 Å². The standard InChI is InChI=1S/C54H77N15O9/c1-7-8-20-40(63-33(2)70)48(73)65-41-29-46(71)59-24-15-14-22-39(47(55)72)64-49(74)43(27-35-30-61-38-21-13-12-19-37(35)38)67(4)51(76)42(23-16-25-60-54(56)57)66(3)52(77)44(26-34-17-10-9-11-18-34)69(6)53(78)45(68(5)50(41)75)28-36-31-58-32-62-36/h9-13,17-19,21,30-32,39-45,61H,7-8,14-16,20,22-29H2,1-6H3,(H2,55,72)(H,58,62)(H,59,71)(H,63,70)(H,64,74)(H,65,73)(H4,56,57,60)/t39-,40-,41-,42-,43-,44+,45-/m0/s1. The van der Waals surface area contributed by atoms with Crippen LogP contribution in [0.3, 0.4) is 0 Å². The molecule has 2 aromatic heterocycles. The topological polar surface area (TPSA) is 350 Å². The average molecular weight is 1080 g/mol. The van der Waals surface area contributed by atoms with Gasteiger partial charge >= 0.3 is 0 Å². The predicted octanol–water partition coefficient (Wildman–Crippen LogP) is 0.120. The van der Waals surface area contributed by atoms with Gasteiger partial charge < -0.3 is 68.0 Å². The maximum Gasteiger partial charge on any atom is 0.246 e. The van der Waals surface area contributed by atoms with Crippen LogP contribution >= 0.6 is 0 Å². The second-order valence-electron chi connectivity index (χ2n) is 19.8. The number of hydrogen-bond acceptors (Lipinski definition) is 11. The molecule has 0 spiro atoms. The SMILES string of the molecule is CCCC[C@H](NC(C)=O)C(=O)N[C@H]1CC(=O)NCCCC[C@@H](C(N)=O)NC(=O)[C@H](Cc2c[nH]c3ccccc23)N(C)C(=O)[C@H](CCCN=C(N)N)N(C)C(=O)[C@@H](Cc2ccccc2)N(C)C(=O)[C@H](Cc2cnc[nH]2)N(C)C1=O. The highest BCUT2D eigenvalue weighted by Crippen LogP contribution is 2.24. The number of amides is 9. The Hall–Kier alpha value is -8.31. The fraction of sp³-hybridized carbons (Fsp3) is 0.500. The van der Waals surface area contributed by atoms with Crippen molar-refractivity contribution in [3.8, 4) is 0 Å². The number of benzene rings is 2. The van der Waals surface area contributed by atoms with Gasteiger partial charge in [0.25, 0.3) is 0 Å². The number of nitrogens with two attached hydrogens (primary N) is 3. The highest BCUT2D eigenvalue weighted by molar-refractivity contribution is 5.99. The number of H-pyrrole nitrogens is 2. The van der Waals surface area contributed by atoms with Crippen LogP contribution in [0.4, 0.5) is 0 Å². The molecule has 0 saturated carbocycles. The zero-order valence-electron chi connectivity index (χ0n) is 45.5. The molecule has 1 saturated heterocycles. The summed E-state index contributed by atoms with van der Waals surface area (Å²) in [6.45, 7) is 3.30. The van der Waals surface area contributed by atoms with E-state index in [1.807, 2.05) is 31.2 Å². The van der Waals surface area contributed by atoms with Gasteiger partial charge in [-0.15, -0.1) is 0 Å². The third-order valence-corrected chi connectivity index (χ3v) is 14.1. The molecule has 1 fully saturated rings. The lowest BCUT2D eigenvalue weighted by atomic mass is 9.98. The number of para-hydroxylation sites is 1. The van der Waals surface area contributed by atoms with E-state index >= 15 is 14.4 Å². The number of likely N-dealkylation sites (N-methyl/N-ethyl adjacent to an activating group) is 4. The number of aromatic amines is 2. The van der Waals surface area contributed by atoms with Crippen molar-refractivity contribution in [3.05, 3.63) is 90.1 Å². The van der Waals surface area contributed by atoms with E-state index in [2.05, 4.69) is 41.2 Å². The number of carbonyl (C=O) groups is 9. The smallest absolute Gasteiger partial charge is 0.246 e. The van der Waals surface area contributed by atoms with Gasteiger partial charge in [0, 0.05) is 96.5 Å². The van der Waals surface area contributed by atoms with E-state index in [1.165, 1.54) is 62.3 Å². The Balaban J connectivity index is 1.65. The number of primary amides is 1. The molecule has 78 heavy (non-hydrogen) atoms. The summed E-state index contributed by atoms with van der Waals surface area (Å²) >= 11 is 0. The Kier molecular flexibility index (Phi) is 22.7. The van der Waals surface area contributed by atoms with Crippen molar-refractivity contribution in [2.45, 2.75) is 133 Å². The molecule has 1 aliphatic heterocycles.